The third-order valence-electron chi connectivity index (χ3n) is 3.02. The summed E-state index contributed by atoms with van der Waals surface area (Å²) in [5.41, 5.74) is 2.18. The van der Waals surface area contributed by atoms with Crippen molar-refractivity contribution in [1.82, 2.24) is 0 Å². The fourth-order valence-electron chi connectivity index (χ4n) is 1.99. The Morgan fingerprint density at radius 3 is 2.65 bits per heavy atom. The van der Waals surface area contributed by atoms with Crippen molar-refractivity contribution in [3.63, 3.8) is 0 Å². The number of ether oxygens (including phenoxy) is 1. The summed E-state index contributed by atoms with van der Waals surface area (Å²) in [6.45, 7) is 0.242. The Balaban J connectivity index is 1.89. The predicted octanol–water partition coefficient (Wildman–Crippen LogP) is 3.75. The van der Waals surface area contributed by atoms with E-state index in [1.54, 1.807) is 18.2 Å². The number of carbonyl (C=O) groups is 1. The molecule has 100 valence electrons. The molecule has 0 saturated carbocycles. The van der Waals surface area contributed by atoms with Gasteiger partial charge in [0.1, 0.15) is 12.4 Å². The lowest BCUT2D eigenvalue weighted by Crippen LogP contribution is -2.15. The van der Waals surface area contributed by atoms with Crippen molar-refractivity contribution in [1.29, 1.82) is 0 Å². The number of carbonyl (C=O) groups excluding carboxylic acids is 1. The van der Waals surface area contributed by atoms with Gasteiger partial charge in [0.25, 0.3) is 5.91 Å². The van der Waals surface area contributed by atoms with Crippen LogP contribution in [0.25, 0.3) is 6.08 Å². The van der Waals surface area contributed by atoms with Crippen LogP contribution in [0, 0.1) is 0 Å². The molecule has 0 atom stereocenters. The number of hydrogen-bond donors (Lipinski definition) is 1. The highest BCUT2D eigenvalue weighted by atomic mass is 35.5. The lowest BCUT2D eigenvalue weighted by atomic mass is 10.1. The summed E-state index contributed by atoms with van der Waals surface area (Å²) in [5, 5.41) is 3.51. The summed E-state index contributed by atoms with van der Waals surface area (Å²) in [7, 11) is 0. The van der Waals surface area contributed by atoms with Crippen LogP contribution in [0.1, 0.15) is 5.56 Å². The maximum absolute atomic E-state index is 12.2. The number of benzene rings is 2. The lowest BCUT2D eigenvalue weighted by molar-refractivity contribution is -0.112. The van der Waals surface area contributed by atoms with Crippen LogP contribution in [0.2, 0.25) is 5.02 Å². The van der Waals surface area contributed by atoms with Crippen molar-refractivity contribution < 1.29 is 9.53 Å². The van der Waals surface area contributed by atoms with Gasteiger partial charge in [0.15, 0.2) is 0 Å². The average molecular weight is 286 g/mol. The number of para-hydroxylation sites is 2. The SMILES string of the molecule is O=C1Nc2ccccc2OC/C1=C\c1ccc(Cl)cc1. The number of rotatable bonds is 1. The van der Waals surface area contributed by atoms with E-state index < -0.39 is 0 Å². The van der Waals surface area contributed by atoms with E-state index in [2.05, 4.69) is 5.32 Å². The molecule has 0 aliphatic carbocycles. The zero-order valence-electron chi connectivity index (χ0n) is 10.6. The third-order valence-corrected chi connectivity index (χ3v) is 3.27. The molecule has 2 aromatic carbocycles. The normalized spacial score (nSPS) is 16.1. The minimum atomic E-state index is -0.148. The molecule has 0 fully saturated rings. The van der Waals surface area contributed by atoms with Crippen LogP contribution in [-0.2, 0) is 4.79 Å². The van der Waals surface area contributed by atoms with Crippen molar-refractivity contribution in [2.24, 2.45) is 0 Å². The zero-order chi connectivity index (χ0) is 13.9. The molecule has 3 nitrogen and oxygen atoms in total. The Morgan fingerprint density at radius 2 is 1.85 bits per heavy atom. The topological polar surface area (TPSA) is 38.3 Å². The molecule has 1 aliphatic rings. The van der Waals surface area contributed by atoms with Crippen molar-refractivity contribution >= 4 is 29.3 Å². The summed E-state index contributed by atoms with van der Waals surface area (Å²) >= 11 is 5.85. The van der Waals surface area contributed by atoms with E-state index in [0.29, 0.717) is 22.0 Å². The molecule has 3 rings (SSSR count). The highest BCUT2D eigenvalue weighted by Gasteiger charge is 2.17. The molecule has 1 heterocycles. The number of hydrogen-bond acceptors (Lipinski definition) is 2. The number of nitrogens with one attached hydrogen (secondary N) is 1. The van der Waals surface area contributed by atoms with Crippen molar-refractivity contribution in [3.8, 4) is 5.75 Å². The summed E-state index contributed by atoms with van der Waals surface area (Å²) in [6, 6.07) is 14.7. The van der Waals surface area contributed by atoms with Gasteiger partial charge in [0.2, 0.25) is 0 Å². The van der Waals surface area contributed by atoms with E-state index in [1.807, 2.05) is 36.4 Å². The van der Waals surface area contributed by atoms with Gasteiger partial charge in [-0.15, -0.1) is 0 Å². The van der Waals surface area contributed by atoms with E-state index in [4.69, 9.17) is 16.3 Å². The van der Waals surface area contributed by atoms with Crippen LogP contribution in [0.15, 0.2) is 54.1 Å². The largest absolute Gasteiger partial charge is 0.487 e. The van der Waals surface area contributed by atoms with E-state index >= 15 is 0 Å². The lowest BCUT2D eigenvalue weighted by Gasteiger charge is -2.04. The van der Waals surface area contributed by atoms with Gasteiger partial charge in [-0.25, -0.2) is 0 Å². The maximum Gasteiger partial charge on any atom is 0.255 e. The monoisotopic (exact) mass is 285 g/mol. The third kappa shape index (κ3) is 2.68. The summed E-state index contributed by atoms with van der Waals surface area (Å²) in [4.78, 5) is 12.2. The molecule has 4 heteroatoms. The average Bonchev–Trinajstić information content (AvgIpc) is 2.61. The van der Waals surface area contributed by atoms with Gasteiger partial charge in [0.05, 0.1) is 11.3 Å². The van der Waals surface area contributed by atoms with Crippen LogP contribution in [0.5, 0.6) is 5.75 Å². The Labute approximate surface area is 121 Å². The van der Waals surface area contributed by atoms with Gasteiger partial charge < -0.3 is 10.1 Å². The van der Waals surface area contributed by atoms with E-state index in [0.717, 1.165) is 5.56 Å². The van der Waals surface area contributed by atoms with Crippen LogP contribution in [0.3, 0.4) is 0 Å². The highest BCUT2D eigenvalue weighted by molar-refractivity contribution is 6.30. The number of fused-ring (bicyclic) bond motifs is 1. The van der Waals surface area contributed by atoms with Gasteiger partial charge in [-0.05, 0) is 35.9 Å². The first kappa shape index (κ1) is 12.8. The van der Waals surface area contributed by atoms with Crippen molar-refractivity contribution in [2.75, 3.05) is 11.9 Å². The van der Waals surface area contributed by atoms with Crippen molar-refractivity contribution in [2.45, 2.75) is 0 Å². The number of amides is 1. The molecule has 20 heavy (non-hydrogen) atoms. The first-order valence-electron chi connectivity index (χ1n) is 6.22. The Hall–Kier alpha value is -2.26. The second-order valence-corrected chi connectivity index (χ2v) is 4.90. The minimum absolute atomic E-state index is 0.148. The molecule has 2 aromatic rings. The smallest absolute Gasteiger partial charge is 0.255 e. The number of anilines is 1. The molecule has 0 spiro atoms. The van der Waals surface area contributed by atoms with E-state index in [1.165, 1.54) is 0 Å². The molecule has 0 radical (unpaired) electrons. The van der Waals surface area contributed by atoms with Gasteiger partial charge in [-0.2, -0.15) is 0 Å². The Kier molecular flexibility index (Phi) is 3.44. The molecule has 1 aliphatic heterocycles. The van der Waals surface area contributed by atoms with Gasteiger partial charge in [-0.3, -0.25) is 4.79 Å². The summed E-state index contributed by atoms with van der Waals surface area (Å²) in [5.74, 6) is 0.533. The predicted molar refractivity (Wildman–Crippen MR) is 80.0 cm³/mol. The molecular weight excluding hydrogens is 274 g/mol. The van der Waals surface area contributed by atoms with Crippen LogP contribution >= 0.6 is 11.6 Å². The van der Waals surface area contributed by atoms with E-state index in [9.17, 15) is 4.79 Å². The first-order valence-corrected chi connectivity index (χ1v) is 6.59. The first-order chi connectivity index (χ1) is 9.72. The highest BCUT2D eigenvalue weighted by Crippen LogP contribution is 2.27. The molecule has 0 unspecified atom stereocenters. The second kappa shape index (κ2) is 5.39. The molecule has 0 aromatic heterocycles. The zero-order valence-corrected chi connectivity index (χ0v) is 11.4. The summed E-state index contributed by atoms with van der Waals surface area (Å²) < 4.78 is 5.65. The fraction of sp³-hybridized carbons (Fsp3) is 0.0625. The molecule has 0 saturated heterocycles. The molecule has 0 bridgehead atoms. The quantitative estimate of drug-likeness (QED) is 0.810. The number of halogens is 1. The van der Waals surface area contributed by atoms with Gasteiger partial charge in [0, 0.05) is 5.02 Å². The van der Waals surface area contributed by atoms with Gasteiger partial charge >= 0.3 is 0 Å². The Bertz CT molecular complexity index is 677. The Morgan fingerprint density at radius 1 is 1.10 bits per heavy atom. The van der Waals surface area contributed by atoms with Crippen molar-refractivity contribution in [3.05, 3.63) is 64.7 Å². The molecular formula is C16H12ClNO2. The van der Waals surface area contributed by atoms with E-state index in [-0.39, 0.29) is 12.5 Å². The fourth-order valence-corrected chi connectivity index (χ4v) is 2.11. The van der Waals surface area contributed by atoms with Gasteiger partial charge in [-0.1, -0.05) is 35.9 Å². The van der Waals surface area contributed by atoms with Crippen LogP contribution < -0.4 is 10.1 Å². The minimum Gasteiger partial charge on any atom is -0.487 e. The van der Waals surface area contributed by atoms with Crippen LogP contribution in [-0.4, -0.2) is 12.5 Å². The standard InChI is InChI=1S/C16H12ClNO2/c17-13-7-5-11(6-8-13)9-12-10-20-15-4-2-1-3-14(15)18-16(12)19/h1-9H,10H2,(H,18,19)/b12-9+. The second-order valence-electron chi connectivity index (χ2n) is 4.46. The maximum atomic E-state index is 12.2. The molecule has 1 amide bonds. The van der Waals surface area contributed by atoms with Crippen LogP contribution in [0.4, 0.5) is 5.69 Å². The summed E-state index contributed by atoms with van der Waals surface area (Å²) in [6.07, 6.45) is 1.80. The molecule has 1 N–H and O–H groups in total.